The van der Waals surface area contributed by atoms with Crippen LogP contribution in [-0.2, 0) is 9.59 Å². The summed E-state index contributed by atoms with van der Waals surface area (Å²) in [6.45, 7) is 4.24. The highest BCUT2D eigenvalue weighted by molar-refractivity contribution is 5.85. The van der Waals surface area contributed by atoms with E-state index in [1.54, 1.807) is 0 Å². The van der Waals surface area contributed by atoms with Crippen LogP contribution in [0.2, 0.25) is 0 Å². The first-order chi connectivity index (χ1) is 8.49. The molecule has 2 atom stereocenters. The van der Waals surface area contributed by atoms with Gasteiger partial charge in [-0.05, 0) is 33.1 Å². The van der Waals surface area contributed by atoms with Crippen molar-refractivity contribution in [3.05, 3.63) is 0 Å². The number of carbonyl (C=O) groups is 2. The minimum Gasteiger partial charge on any atom is -0.355 e. The Kier molecular flexibility index (Phi) is 8.76. The van der Waals surface area contributed by atoms with Gasteiger partial charge in [0.1, 0.15) is 0 Å². The Balaban J connectivity index is 0.00000324. The molecule has 1 aliphatic rings. The molecule has 0 saturated heterocycles. The molecule has 0 spiro atoms. The van der Waals surface area contributed by atoms with Gasteiger partial charge in [0.05, 0.1) is 0 Å². The fraction of sp³-hybridized carbons (Fsp3) is 0.846. The molecular formula is C13H26ClN3O2. The lowest BCUT2D eigenvalue weighted by Gasteiger charge is -2.25. The number of nitrogens with two attached hydrogens (primary N) is 1. The van der Waals surface area contributed by atoms with E-state index < -0.39 is 0 Å². The largest absolute Gasteiger partial charge is 0.355 e. The molecule has 1 saturated carbocycles. The van der Waals surface area contributed by atoms with Crippen molar-refractivity contribution in [2.45, 2.75) is 58.0 Å². The smallest absolute Gasteiger partial charge is 0.223 e. The first-order valence-electron chi connectivity index (χ1n) is 6.81. The van der Waals surface area contributed by atoms with E-state index in [9.17, 15) is 9.59 Å². The lowest BCUT2D eigenvalue weighted by molar-refractivity contribution is -0.126. The highest BCUT2D eigenvalue weighted by Gasteiger charge is 2.24. The summed E-state index contributed by atoms with van der Waals surface area (Å²) in [5.41, 5.74) is 5.85. The van der Waals surface area contributed by atoms with Crippen molar-refractivity contribution in [3.8, 4) is 0 Å². The van der Waals surface area contributed by atoms with Gasteiger partial charge in [0.15, 0.2) is 0 Å². The average molecular weight is 292 g/mol. The zero-order chi connectivity index (χ0) is 13.5. The molecule has 0 heterocycles. The summed E-state index contributed by atoms with van der Waals surface area (Å²) in [6.07, 6.45) is 4.05. The normalized spacial score (nSPS) is 22.5. The van der Waals surface area contributed by atoms with E-state index in [0.29, 0.717) is 13.0 Å². The van der Waals surface area contributed by atoms with E-state index in [-0.39, 0.29) is 42.2 Å². The Morgan fingerprint density at radius 2 is 2.00 bits per heavy atom. The van der Waals surface area contributed by atoms with E-state index in [4.69, 9.17) is 5.73 Å². The fourth-order valence-electron chi connectivity index (χ4n) is 2.30. The Morgan fingerprint density at radius 3 is 2.58 bits per heavy atom. The molecule has 4 N–H and O–H groups in total. The maximum absolute atomic E-state index is 11.8. The number of carbonyl (C=O) groups excluding carboxylic acids is 2. The molecule has 1 rings (SSSR count). The van der Waals surface area contributed by atoms with Crippen molar-refractivity contribution in [2.24, 2.45) is 11.7 Å². The minimum atomic E-state index is -0.0226. The van der Waals surface area contributed by atoms with E-state index in [2.05, 4.69) is 10.6 Å². The summed E-state index contributed by atoms with van der Waals surface area (Å²) < 4.78 is 0. The van der Waals surface area contributed by atoms with E-state index in [1.807, 2.05) is 13.8 Å². The third kappa shape index (κ3) is 7.38. The van der Waals surface area contributed by atoms with Gasteiger partial charge in [0.2, 0.25) is 11.8 Å². The number of nitrogens with one attached hydrogen (secondary N) is 2. The highest BCUT2D eigenvalue weighted by atomic mass is 35.5. The molecule has 0 aromatic carbocycles. The van der Waals surface area contributed by atoms with Crippen LogP contribution in [0.25, 0.3) is 0 Å². The first kappa shape index (κ1) is 18.2. The van der Waals surface area contributed by atoms with Crippen LogP contribution in [0.4, 0.5) is 0 Å². The Bertz CT molecular complexity index is 298. The van der Waals surface area contributed by atoms with Crippen LogP contribution >= 0.6 is 12.4 Å². The SMILES string of the molecule is CC(C)NC(=O)CCNC(=O)C1CCCC(N)C1.Cl. The van der Waals surface area contributed by atoms with E-state index in [0.717, 1.165) is 25.7 Å². The highest BCUT2D eigenvalue weighted by Crippen LogP contribution is 2.22. The number of hydrogen-bond donors (Lipinski definition) is 3. The summed E-state index contributed by atoms with van der Waals surface area (Å²) in [5, 5.41) is 5.61. The van der Waals surface area contributed by atoms with E-state index >= 15 is 0 Å². The lowest BCUT2D eigenvalue weighted by Crippen LogP contribution is -2.39. The molecule has 0 aliphatic heterocycles. The van der Waals surface area contributed by atoms with Crippen molar-refractivity contribution >= 4 is 24.2 Å². The molecular weight excluding hydrogens is 266 g/mol. The van der Waals surface area contributed by atoms with Gasteiger partial charge in [-0.3, -0.25) is 9.59 Å². The molecule has 112 valence electrons. The van der Waals surface area contributed by atoms with Gasteiger partial charge in [0.25, 0.3) is 0 Å². The monoisotopic (exact) mass is 291 g/mol. The Morgan fingerprint density at radius 1 is 1.32 bits per heavy atom. The third-order valence-corrected chi connectivity index (χ3v) is 3.19. The van der Waals surface area contributed by atoms with Gasteiger partial charge in [-0.15, -0.1) is 12.4 Å². The maximum atomic E-state index is 11.8. The Labute approximate surface area is 121 Å². The number of hydrogen-bond acceptors (Lipinski definition) is 3. The molecule has 0 aromatic rings. The van der Waals surface area contributed by atoms with Crippen molar-refractivity contribution in [1.82, 2.24) is 10.6 Å². The number of halogens is 1. The van der Waals surface area contributed by atoms with Crippen LogP contribution in [-0.4, -0.2) is 30.4 Å². The zero-order valence-electron chi connectivity index (χ0n) is 11.8. The molecule has 2 unspecified atom stereocenters. The second-order valence-electron chi connectivity index (χ2n) is 5.39. The summed E-state index contributed by atoms with van der Waals surface area (Å²) in [4.78, 5) is 23.2. The van der Waals surface area contributed by atoms with Crippen LogP contribution in [0.5, 0.6) is 0 Å². The summed E-state index contributed by atoms with van der Waals surface area (Å²) in [6, 6.07) is 0.295. The van der Waals surface area contributed by atoms with Gasteiger partial charge in [-0.25, -0.2) is 0 Å². The second kappa shape index (κ2) is 9.15. The molecule has 0 aromatic heterocycles. The maximum Gasteiger partial charge on any atom is 0.223 e. The van der Waals surface area contributed by atoms with Gasteiger partial charge >= 0.3 is 0 Å². The quantitative estimate of drug-likeness (QED) is 0.705. The lowest BCUT2D eigenvalue weighted by atomic mass is 9.85. The van der Waals surface area contributed by atoms with Crippen molar-refractivity contribution in [1.29, 1.82) is 0 Å². The molecule has 19 heavy (non-hydrogen) atoms. The summed E-state index contributed by atoms with van der Waals surface area (Å²) in [7, 11) is 0. The van der Waals surface area contributed by atoms with Crippen LogP contribution in [0.3, 0.4) is 0 Å². The van der Waals surface area contributed by atoms with Crippen LogP contribution in [0.1, 0.15) is 46.0 Å². The molecule has 0 bridgehead atoms. The first-order valence-corrected chi connectivity index (χ1v) is 6.81. The van der Waals surface area contributed by atoms with Crippen LogP contribution in [0.15, 0.2) is 0 Å². The number of amides is 2. The van der Waals surface area contributed by atoms with E-state index in [1.165, 1.54) is 0 Å². The van der Waals surface area contributed by atoms with Crippen LogP contribution < -0.4 is 16.4 Å². The van der Waals surface area contributed by atoms with Gasteiger partial charge < -0.3 is 16.4 Å². The third-order valence-electron chi connectivity index (χ3n) is 3.19. The topological polar surface area (TPSA) is 84.2 Å². The summed E-state index contributed by atoms with van der Waals surface area (Å²) in [5.74, 6) is 0.0510. The average Bonchev–Trinajstić information content (AvgIpc) is 2.27. The molecule has 6 heteroatoms. The molecule has 1 aliphatic carbocycles. The molecule has 1 fully saturated rings. The minimum absolute atomic E-state index is 0. The van der Waals surface area contributed by atoms with Crippen molar-refractivity contribution < 1.29 is 9.59 Å². The van der Waals surface area contributed by atoms with Gasteiger partial charge in [-0.2, -0.15) is 0 Å². The molecule has 0 radical (unpaired) electrons. The van der Waals surface area contributed by atoms with Crippen molar-refractivity contribution in [3.63, 3.8) is 0 Å². The summed E-state index contributed by atoms with van der Waals surface area (Å²) >= 11 is 0. The van der Waals surface area contributed by atoms with Gasteiger partial charge in [-0.1, -0.05) is 6.42 Å². The molecule has 5 nitrogen and oxygen atoms in total. The van der Waals surface area contributed by atoms with Crippen LogP contribution in [0, 0.1) is 5.92 Å². The van der Waals surface area contributed by atoms with Gasteiger partial charge in [0, 0.05) is 31.0 Å². The van der Waals surface area contributed by atoms with Crippen molar-refractivity contribution in [2.75, 3.05) is 6.54 Å². The second-order valence-corrected chi connectivity index (χ2v) is 5.39. The number of rotatable bonds is 5. The zero-order valence-corrected chi connectivity index (χ0v) is 12.6. The predicted molar refractivity (Wildman–Crippen MR) is 78.1 cm³/mol. The fourth-order valence-corrected chi connectivity index (χ4v) is 2.30. The Hall–Kier alpha value is -0.810. The standard InChI is InChI=1S/C13H25N3O2.ClH/c1-9(2)16-12(17)6-7-15-13(18)10-4-3-5-11(14)8-10;/h9-11H,3-8,14H2,1-2H3,(H,15,18)(H,16,17);1H. The molecule has 2 amide bonds. The predicted octanol–water partition coefficient (Wildman–Crippen LogP) is 0.957.